The standard InChI is InChI=1S/C32H40BN7O/c1-33(23-34)39(22-26-12-13-27(20-26)40-19-15-30-31(35-2)37-24-38-32(30)40)18-7-16-36-17-14-25-8-6-11-29(21-25)41-28-9-4-3-5-10-28/h3-6,8-11,15,19,21,24,26-27,36H,7,12-14,16-18,20,22H2,1-2H3,(H,35,37,38). The van der Waals surface area contributed by atoms with Crippen LogP contribution in [0.4, 0.5) is 5.82 Å². The van der Waals surface area contributed by atoms with Gasteiger partial charge in [0.25, 0.3) is 0 Å². The van der Waals surface area contributed by atoms with E-state index in [0.29, 0.717) is 12.0 Å². The summed E-state index contributed by atoms with van der Waals surface area (Å²) >= 11 is 0. The molecular formula is C32H40BN7O. The Morgan fingerprint density at radius 1 is 1.07 bits per heavy atom. The summed E-state index contributed by atoms with van der Waals surface area (Å²) in [6.07, 6.45) is 9.19. The fraction of sp³-hybridized carbons (Fsp3) is 0.406. The molecular weight excluding hydrogens is 509 g/mol. The van der Waals surface area contributed by atoms with Crippen molar-refractivity contribution in [2.75, 3.05) is 38.5 Å². The third-order valence-electron chi connectivity index (χ3n) is 8.15. The molecule has 0 bridgehead atoms. The summed E-state index contributed by atoms with van der Waals surface area (Å²) in [6.45, 7) is 5.69. The summed E-state index contributed by atoms with van der Waals surface area (Å²) in [7, 11) is 1.90. The maximum Gasteiger partial charge on any atom is 0.345 e. The van der Waals surface area contributed by atoms with Crippen LogP contribution < -0.4 is 15.4 Å². The number of nitriles is 1. The number of ether oxygens (including phenoxy) is 1. The quantitative estimate of drug-likeness (QED) is 0.151. The van der Waals surface area contributed by atoms with Crippen LogP contribution in [0.15, 0.2) is 73.2 Å². The Balaban J connectivity index is 1.06. The number of fused-ring (bicyclic) bond motifs is 1. The normalized spacial score (nSPS) is 16.6. The zero-order chi connectivity index (χ0) is 28.4. The number of aromatic nitrogens is 3. The molecule has 0 aliphatic heterocycles. The highest BCUT2D eigenvalue weighted by Crippen LogP contribution is 2.37. The maximum absolute atomic E-state index is 9.69. The van der Waals surface area contributed by atoms with Gasteiger partial charge in [0.05, 0.1) is 5.39 Å². The van der Waals surface area contributed by atoms with Crippen LogP contribution >= 0.6 is 0 Å². The van der Waals surface area contributed by atoms with E-state index in [2.05, 4.69) is 66.4 Å². The van der Waals surface area contributed by atoms with Gasteiger partial charge in [0.1, 0.15) is 29.3 Å². The summed E-state index contributed by atoms with van der Waals surface area (Å²) in [6, 6.07) is 20.7. The summed E-state index contributed by atoms with van der Waals surface area (Å²) in [5.41, 5.74) is 2.25. The highest BCUT2D eigenvalue weighted by molar-refractivity contribution is 6.62. The SMILES string of the molecule is CNc1ncnc2c1ccn2C1CCC(CN(CCCNCCc2cccc(Oc3ccccc3)c2)B(C)C#N)C1. The second-order valence-electron chi connectivity index (χ2n) is 11.0. The first-order chi connectivity index (χ1) is 20.1. The fourth-order valence-electron chi connectivity index (χ4n) is 5.94. The number of anilines is 1. The first-order valence-corrected chi connectivity index (χ1v) is 14.8. The van der Waals surface area contributed by atoms with E-state index in [4.69, 9.17) is 4.74 Å². The van der Waals surface area contributed by atoms with Crippen LogP contribution in [0.2, 0.25) is 6.82 Å². The van der Waals surface area contributed by atoms with Gasteiger partial charge in [0.2, 0.25) is 0 Å². The number of rotatable bonds is 14. The van der Waals surface area contributed by atoms with Gasteiger partial charge in [0.15, 0.2) is 0 Å². The number of para-hydroxylation sites is 1. The van der Waals surface area contributed by atoms with Crippen molar-refractivity contribution in [2.24, 2.45) is 5.92 Å². The van der Waals surface area contributed by atoms with Crippen molar-refractivity contribution >= 4 is 23.7 Å². The van der Waals surface area contributed by atoms with Gasteiger partial charge in [-0.3, -0.25) is 0 Å². The maximum atomic E-state index is 9.69. The molecule has 2 N–H and O–H groups in total. The van der Waals surface area contributed by atoms with Crippen molar-refractivity contribution in [3.63, 3.8) is 0 Å². The molecule has 41 heavy (non-hydrogen) atoms. The smallest absolute Gasteiger partial charge is 0.345 e. The molecule has 8 nitrogen and oxygen atoms in total. The predicted molar refractivity (Wildman–Crippen MR) is 166 cm³/mol. The molecule has 0 spiro atoms. The van der Waals surface area contributed by atoms with Gasteiger partial charge in [-0.25, -0.2) is 15.2 Å². The third-order valence-corrected chi connectivity index (χ3v) is 8.15. The number of benzene rings is 2. The van der Waals surface area contributed by atoms with Gasteiger partial charge in [0, 0.05) is 25.3 Å². The van der Waals surface area contributed by atoms with E-state index in [1.54, 1.807) is 6.33 Å². The largest absolute Gasteiger partial charge is 0.457 e. The van der Waals surface area contributed by atoms with E-state index >= 15 is 0 Å². The molecule has 2 unspecified atom stereocenters. The molecule has 1 saturated carbocycles. The number of nitrogens with one attached hydrogen (secondary N) is 2. The van der Waals surface area contributed by atoms with Crippen molar-refractivity contribution in [1.29, 1.82) is 5.26 Å². The molecule has 9 heteroatoms. The molecule has 1 aliphatic carbocycles. The number of nitrogens with zero attached hydrogens (tertiary/aromatic N) is 5. The Morgan fingerprint density at radius 3 is 2.76 bits per heavy atom. The molecule has 2 aromatic carbocycles. The van der Waals surface area contributed by atoms with Crippen molar-refractivity contribution < 1.29 is 4.74 Å². The van der Waals surface area contributed by atoms with Gasteiger partial charge < -0.3 is 24.7 Å². The van der Waals surface area contributed by atoms with Crippen LogP contribution in [-0.4, -0.2) is 59.4 Å². The van der Waals surface area contributed by atoms with Gasteiger partial charge >= 0.3 is 6.85 Å². The summed E-state index contributed by atoms with van der Waals surface area (Å²) in [4.78, 5) is 11.3. The van der Waals surface area contributed by atoms with Gasteiger partial charge in [-0.15, -0.1) is 0 Å². The first-order valence-electron chi connectivity index (χ1n) is 14.8. The lowest BCUT2D eigenvalue weighted by Gasteiger charge is -2.26. The molecule has 0 radical (unpaired) electrons. The molecule has 1 fully saturated rings. The van der Waals surface area contributed by atoms with Crippen molar-refractivity contribution in [1.82, 2.24) is 24.7 Å². The van der Waals surface area contributed by atoms with Crippen LogP contribution in [0.5, 0.6) is 11.5 Å². The highest BCUT2D eigenvalue weighted by atomic mass is 16.5. The molecule has 4 aromatic rings. The predicted octanol–water partition coefficient (Wildman–Crippen LogP) is 5.81. The van der Waals surface area contributed by atoms with E-state index in [0.717, 1.165) is 80.2 Å². The lowest BCUT2D eigenvalue weighted by Crippen LogP contribution is -2.41. The minimum absolute atomic E-state index is 0.0836. The third kappa shape index (κ3) is 7.46. The van der Waals surface area contributed by atoms with Crippen molar-refractivity contribution in [3.05, 3.63) is 78.8 Å². The monoisotopic (exact) mass is 549 g/mol. The Bertz CT molecular complexity index is 1440. The van der Waals surface area contributed by atoms with Gasteiger partial charge in [-0.2, -0.15) is 0 Å². The molecule has 212 valence electrons. The average Bonchev–Trinajstić information content (AvgIpc) is 3.65. The zero-order valence-corrected chi connectivity index (χ0v) is 24.2. The fourth-order valence-corrected chi connectivity index (χ4v) is 5.94. The van der Waals surface area contributed by atoms with E-state index < -0.39 is 0 Å². The van der Waals surface area contributed by atoms with Crippen LogP contribution in [0, 0.1) is 17.1 Å². The summed E-state index contributed by atoms with van der Waals surface area (Å²) in [5.74, 6) is 5.64. The minimum Gasteiger partial charge on any atom is -0.457 e. The first kappa shape index (κ1) is 28.7. The van der Waals surface area contributed by atoms with Crippen LogP contribution in [0.1, 0.15) is 37.3 Å². The highest BCUT2D eigenvalue weighted by Gasteiger charge is 2.30. The number of hydrogen-bond donors (Lipinski definition) is 2. The van der Waals surface area contributed by atoms with Gasteiger partial charge in [-0.05, 0) is 100 Å². The summed E-state index contributed by atoms with van der Waals surface area (Å²) in [5, 5.41) is 17.5. The van der Waals surface area contributed by atoms with Crippen LogP contribution in [0.25, 0.3) is 11.0 Å². The molecule has 2 atom stereocenters. The Labute approximate surface area is 243 Å². The van der Waals surface area contributed by atoms with E-state index in [9.17, 15) is 5.26 Å². The average molecular weight is 550 g/mol. The minimum atomic E-state index is -0.0836. The van der Waals surface area contributed by atoms with Crippen LogP contribution in [-0.2, 0) is 6.42 Å². The lowest BCUT2D eigenvalue weighted by atomic mass is 9.64. The van der Waals surface area contributed by atoms with Crippen LogP contribution in [0.3, 0.4) is 0 Å². The van der Waals surface area contributed by atoms with E-state index in [-0.39, 0.29) is 6.85 Å². The van der Waals surface area contributed by atoms with E-state index in [1.165, 1.54) is 12.0 Å². The molecule has 2 heterocycles. The topological polar surface area (TPSA) is 91.0 Å². The zero-order valence-electron chi connectivity index (χ0n) is 24.2. The molecule has 0 amide bonds. The molecule has 2 aromatic heterocycles. The van der Waals surface area contributed by atoms with Crippen molar-refractivity contribution in [3.8, 4) is 17.5 Å². The molecule has 0 saturated heterocycles. The Kier molecular flexibility index (Phi) is 9.89. The number of hydrogen-bond acceptors (Lipinski definition) is 7. The Hall–Kier alpha value is -3.87. The lowest BCUT2D eigenvalue weighted by molar-refractivity contribution is 0.340. The molecule has 1 aliphatic rings. The van der Waals surface area contributed by atoms with Crippen molar-refractivity contribution in [2.45, 2.75) is 45.0 Å². The molecule has 5 rings (SSSR count). The second kappa shape index (κ2) is 14.2. The summed E-state index contributed by atoms with van der Waals surface area (Å²) < 4.78 is 8.29. The van der Waals surface area contributed by atoms with E-state index in [1.807, 2.05) is 50.3 Å². The van der Waals surface area contributed by atoms with Gasteiger partial charge in [-0.1, -0.05) is 37.2 Å². The Morgan fingerprint density at radius 2 is 1.93 bits per heavy atom. The second-order valence-corrected chi connectivity index (χ2v) is 11.0.